The molecule has 1 N–H and O–H groups in total. The van der Waals surface area contributed by atoms with Gasteiger partial charge in [-0.05, 0) is 74.5 Å². The lowest BCUT2D eigenvalue weighted by molar-refractivity contribution is -0.149. The second kappa shape index (κ2) is 11.1. The van der Waals surface area contributed by atoms with E-state index in [1.54, 1.807) is 19.1 Å². The van der Waals surface area contributed by atoms with Crippen molar-refractivity contribution in [3.05, 3.63) is 44.4 Å². The number of carbonyl (C=O) groups excluding carboxylic acids is 2. The van der Waals surface area contributed by atoms with Gasteiger partial charge in [0.2, 0.25) is 0 Å². The number of aliphatic hydroxyl groups is 1. The monoisotopic (exact) mass is 590 g/mol. The van der Waals surface area contributed by atoms with Crippen molar-refractivity contribution in [2.75, 3.05) is 7.11 Å². The predicted molar refractivity (Wildman–Crippen MR) is 152 cm³/mol. The van der Waals surface area contributed by atoms with Crippen LogP contribution < -0.4 is 14.2 Å². The third kappa shape index (κ3) is 4.74. The highest BCUT2D eigenvalue weighted by Gasteiger charge is 2.55. The van der Waals surface area contributed by atoms with Crippen molar-refractivity contribution in [3.8, 4) is 23.0 Å². The molecule has 7 nitrogen and oxygen atoms in total. The lowest BCUT2D eigenvalue weighted by Crippen LogP contribution is -2.39. The van der Waals surface area contributed by atoms with Crippen molar-refractivity contribution in [1.82, 2.24) is 0 Å². The first kappa shape index (κ1) is 29.0. The Morgan fingerprint density at radius 1 is 1.20 bits per heavy atom. The number of esters is 2. The summed E-state index contributed by atoms with van der Waals surface area (Å²) in [6.07, 6.45) is 4.30. The van der Waals surface area contributed by atoms with Gasteiger partial charge in [-0.15, -0.1) is 0 Å². The molecule has 1 heterocycles. The molecule has 0 radical (unpaired) electrons. The van der Waals surface area contributed by atoms with E-state index in [0.29, 0.717) is 35.4 Å². The maximum Gasteiger partial charge on any atom is 0.346 e. The fourth-order valence-corrected chi connectivity index (χ4v) is 7.36. The van der Waals surface area contributed by atoms with E-state index < -0.39 is 17.5 Å². The fourth-order valence-electron chi connectivity index (χ4n) is 6.86. The number of carbonyl (C=O) groups is 2. The molecule has 0 amide bonds. The minimum absolute atomic E-state index is 0.0247. The van der Waals surface area contributed by atoms with Crippen LogP contribution in [0.4, 0.5) is 0 Å². The van der Waals surface area contributed by atoms with Gasteiger partial charge < -0.3 is 24.1 Å². The zero-order valence-electron chi connectivity index (χ0n) is 23.6. The molecule has 2 saturated carbocycles. The Kier molecular flexibility index (Phi) is 8.03. The van der Waals surface area contributed by atoms with Crippen LogP contribution in [0.1, 0.15) is 92.4 Å². The highest BCUT2D eigenvalue weighted by molar-refractivity contribution is 6.38. The molecule has 0 saturated heterocycles. The normalized spacial score (nSPS) is 24.0. The van der Waals surface area contributed by atoms with E-state index >= 15 is 0 Å². The van der Waals surface area contributed by atoms with Gasteiger partial charge in [-0.25, -0.2) is 4.79 Å². The van der Waals surface area contributed by atoms with Gasteiger partial charge in [-0.1, -0.05) is 50.4 Å². The molecule has 1 aliphatic heterocycles. The van der Waals surface area contributed by atoms with Crippen LogP contribution in [0.3, 0.4) is 0 Å². The van der Waals surface area contributed by atoms with Crippen LogP contribution in [0.25, 0.3) is 0 Å². The molecule has 9 heteroatoms. The molecule has 2 bridgehead atoms. The first-order valence-corrected chi connectivity index (χ1v) is 14.7. The standard InChI is InChI=1S/C31H36Cl2O7/c1-6-31(13-17-7-8-18(31)12-17)30(36)40-28-25(33)16(4)24(32)20-14-38-29(35)23-22(39-27(20)28)10-9-19(26(23)37-5)21(34)11-15(2)3/h9-10,15,17-18,21,34H,6-8,11-14H2,1-5H3/t17-,18+,21+,31+/m1/s1. The van der Waals surface area contributed by atoms with Gasteiger partial charge in [0.1, 0.15) is 23.7 Å². The number of benzene rings is 2. The Hall–Kier alpha value is -2.48. The minimum atomic E-state index is -0.860. The van der Waals surface area contributed by atoms with E-state index in [9.17, 15) is 14.7 Å². The molecule has 2 aliphatic carbocycles. The highest BCUT2D eigenvalue weighted by Crippen LogP contribution is 2.59. The molecular formula is C31H36Cl2O7. The molecule has 5 rings (SSSR count). The minimum Gasteiger partial charge on any atom is -0.495 e. The summed E-state index contributed by atoms with van der Waals surface area (Å²) in [5.41, 5.74) is 0.754. The highest BCUT2D eigenvalue weighted by atomic mass is 35.5. The van der Waals surface area contributed by atoms with Gasteiger partial charge in [0.15, 0.2) is 11.5 Å². The van der Waals surface area contributed by atoms with E-state index in [1.165, 1.54) is 7.11 Å². The van der Waals surface area contributed by atoms with Crippen LogP contribution in [0.5, 0.6) is 23.0 Å². The maximum absolute atomic E-state index is 13.8. The zero-order valence-corrected chi connectivity index (χ0v) is 25.1. The summed E-state index contributed by atoms with van der Waals surface area (Å²) >= 11 is 13.4. The van der Waals surface area contributed by atoms with Crippen LogP contribution >= 0.6 is 23.2 Å². The lowest BCUT2D eigenvalue weighted by Gasteiger charge is -2.34. The molecule has 2 aromatic rings. The molecule has 2 aromatic carbocycles. The molecule has 4 atom stereocenters. The van der Waals surface area contributed by atoms with Gasteiger partial charge in [-0.3, -0.25) is 4.79 Å². The smallest absolute Gasteiger partial charge is 0.346 e. The van der Waals surface area contributed by atoms with Crippen LogP contribution in [0.15, 0.2) is 12.1 Å². The van der Waals surface area contributed by atoms with Crippen molar-refractivity contribution in [2.24, 2.45) is 23.2 Å². The second-order valence-electron chi connectivity index (χ2n) is 11.8. The van der Waals surface area contributed by atoms with Gasteiger partial charge in [0.05, 0.1) is 34.2 Å². The number of hydrogen-bond donors (Lipinski definition) is 1. The summed E-state index contributed by atoms with van der Waals surface area (Å²) in [5, 5.41) is 11.3. The van der Waals surface area contributed by atoms with Crippen LogP contribution in [0, 0.1) is 30.1 Å². The van der Waals surface area contributed by atoms with Crippen molar-refractivity contribution in [2.45, 2.75) is 78.9 Å². The zero-order chi connectivity index (χ0) is 28.9. The average Bonchev–Trinajstić information content (AvgIpc) is 3.54. The number of hydrogen-bond acceptors (Lipinski definition) is 7. The predicted octanol–water partition coefficient (Wildman–Crippen LogP) is 7.97. The van der Waals surface area contributed by atoms with Crippen LogP contribution in [-0.4, -0.2) is 24.2 Å². The maximum atomic E-state index is 13.8. The second-order valence-corrected chi connectivity index (χ2v) is 12.5. The Morgan fingerprint density at radius 2 is 1.95 bits per heavy atom. The Balaban J connectivity index is 1.61. The first-order chi connectivity index (χ1) is 19.0. The molecule has 0 aromatic heterocycles. The van der Waals surface area contributed by atoms with Gasteiger partial charge in [0.25, 0.3) is 0 Å². The molecule has 0 unspecified atom stereocenters. The third-order valence-corrected chi connectivity index (χ3v) is 9.95. The molecule has 3 aliphatic rings. The number of ether oxygens (including phenoxy) is 4. The topological polar surface area (TPSA) is 91.3 Å². The SMILES string of the molecule is CC[C@]1(C(=O)Oc2c(Cl)c(C)c(Cl)c3c2Oc2ccc([C@@H](O)CC(C)C)c(OC)c2C(=O)OC3)C[C@@H]2CC[C@H]1C2. The number of fused-ring (bicyclic) bond motifs is 4. The molecule has 2 fully saturated rings. The largest absolute Gasteiger partial charge is 0.495 e. The van der Waals surface area contributed by atoms with E-state index in [2.05, 4.69) is 0 Å². The van der Waals surface area contributed by atoms with Crippen molar-refractivity contribution in [1.29, 1.82) is 0 Å². The Labute approximate surface area is 245 Å². The molecule has 40 heavy (non-hydrogen) atoms. The quantitative estimate of drug-likeness (QED) is 0.258. The number of aliphatic hydroxyl groups excluding tert-OH is 1. The van der Waals surface area contributed by atoms with E-state index in [1.807, 2.05) is 20.8 Å². The molecule has 0 spiro atoms. The summed E-state index contributed by atoms with van der Waals surface area (Å²) in [6.45, 7) is 7.51. The number of cyclic esters (lactones) is 1. The van der Waals surface area contributed by atoms with E-state index in [-0.39, 0.29) is 63.0 Å². The van der Waals surface area contributed by atoms with Crippen LogP contribution in [0.2, 0.25) is 10.0 Å². The first-order valence-electron chi connectivity index (χ1n) is 14.0. The fraction of sp³-hybridized carbons (Fsp3) is 0.548. The summed E-state index contributed by atoms with van der Waals surface area (Å²) < 4.78 is 23.8. The van der Waals surface area contributed by atoms with Gasteiger partial charge in [0, 0.05) is 5.56 Å². The summed E-state index contributed by atoms with van der Waals surface area (Å²) in [6, 6.07) is 3.23. The molecule has 216 valence electrons. The van der Waals surface area contributed by atoms with Crippen molar-refractivity contribution >= 4 is 35.1 Å². The number of methoxy groups -OCH3 is 1. The lowest BCUT2D eigenvalue weighted by atomic mass is 9.71. The summed E-state index contributed by atoms with van der Waals surface area (Å²) in [4.78, 5) is 27.1. The van der Waals surface area contributed by atoms with E-state index in [0.717, 1.165) is 25.7 Å². The Bertz CT molecular complexity index is 1350. The van der Waals surface area contributed by atoms with Crippen molar-refractivity contribution in [3.63, 3.8) is 0 Å². The van der Waals surface area contributed by atoms with Crippen molar-refractivity contribution < 1.29 is 33.6 Å². The number of rotatable bonds is 7. The Morgan fingerprint density at radius 3 is 2.55 bits per heavy atom. The summed E-state index contributed by atoms with van der Waals surface area (Å²) in [5.74, 6) is 0.479. The average molecular weight is 592 g/mol. The van der Waals surface area contributed by atoms with Gasteiger partial charge in [-0.2, -0.15) is 0 Å². The summed E-state index contributed by atoms with van der Waals surface area (Å²) in [7, 11) is 1.42. The third-order valence-electron chi connectivity index (χ3n) is 8.98. The van der Waals surface area contributed by atoms with Crippen LogP contribution in [-0.2, 0) is 16.1 Å². The molecular weight excluding hydrogens is 555 g/mol. The van der Waals surface area contributed by atoms with Gasteiger partial charge >= 0.3 is 11.9 Å². The number of halogens is 2. The van der Waals surface area contributed by atoms with E-state index in [4.69, 9.17) is 42.1 Å².